The molecule has 0 spiro atoms. The van der Waals surface area contributed by atoms with Gasteiger partial charge in [0.15, 0.2) is 10.9 Å². The van der Waals surface area contributed by atoms with Gasteiger partial charge in [-0.25, -0.2) is 4.79 Å². The third-order valence-corrected chi connectivity index (χ3v) is 7.25. The molecule has 1 aromatic carbocycles. The van der Waals surface area contributed by atoms with Gasteiger partial charge in [0, 0.05) is 41.6 Å². The van der Waals surface area contributed by atoms with Crippen molar-refractivity contribution in [2.45, 2.75) is 52.6 Å². The number of nitrogens with one attached hydrogen (secondary N) is 2. The van der Waals surface area contributed by atoms with Gasteiger partial charge in [0.2, 0.25) is 0 Å². The molecule has 2 unspecified atom stereocenters. The minimum atomic E-state index is -1.11. The molecule has 4 N–H and O–H groups in total. The summed E-state index contributed by atoms with van der Waals surface area (Å²) in [7, 11) is 0. The molecule has 1 aliphatic heterocycles. The van der Waals surface area contributed by atoms with Gasteiger partial charge >= 0.3 is 5.97 Å². The van der Waals surface area contributed by atoms with Gasteiger partial charge < -0.3 is 25.6 Å². The Kier molecular flexibility index (Phi) is 8.73. The van der Waals surface area contributed by atoms with Gasteiger partial charge in [-0.2, -0.15) is 0 Å². The standard InChI is InChI=1S/C31H34N2O6S/c1-31(2,3)27(36)7-5-4-6-14-32-30(40)33-18-8-11-21(24(15-18)29(37)38)28-22-12-9-19(34)16-25(22)39-26-17-20(35)10-13-23(26)28/h8-13,15-17,22,25,34H,4-7,14H2,1-3H3,(H,37,38)(H2,32,33,40). The van der Waals surface area contributed by atoms with E-state index in [4.69, 9.17) is 17.0 Å². The maximum Gasteiger partial charge on any atom is 0.336 e. The topological polar surface area (TPSA) is 125 Å². The molecule has 210 valence electrons. The number of carboxylic acid groups (broad SMARTS) is 1. The number of ketones is 2. The molecule has 8 nitrogen and oxygen atoms in total. The third-order valence-electron chi connectivity index (χ3n) is 7.00. The van der Waals surface area contributed by atoms with E-state index in [2.05, 4.69) is 10.6 Å². The number of allylic oxidation sites excluding steroid dienone is 4. The first-order chi connectivity index (χ1) is 18.9. The van der Waals surface area contributed by atoms with Gasteiger partial charge in [0.05, 0.1) is 5.56 Å². The van der Waals surface area contributed by atoms with Crippen LogP contribution in [0.5, 0.6) is 0 Å². The molecule has 0 radical (unpaired) electrons. The molecular weight excluding hydrogens is 528 g/mol. The van der Waals surface area contributed by atoms with Crippen LogP contribution < -0.4 is 10.6 Å². The van der Waals surface area contributed by atoms with Crippen molar-refractivity contribution in [3.63, 3.8) is 0 Å². The van der Waals surface area contributed by atoms with Crippen molar-refractivity contribution in [3.05, 3.63) is 82.9 Å². The first-order valence-corrected chi connectivity index (χ1v) is 13.7. The molecule has 1 aromatic rings. The number of unbranched alkanes of at least 4 members (excludes halogenated alkanes) is 2. The molecule has 3 aliphatic rings. The maximum absolute atomic E-state index is 12.4. The van der Waals surface area contributed by atoms with Gasteiger partial charge in [0.25, 0.3) is 0 Å². The molecule has 0 saturated carbocycles. The minimum Gasteiger partial charge on any atom is -0.508 e. The van der Waals surface area contributed by atoms with Crippen LogP contribution in [0.4, 0.5) is 5.69 Å². The summed E-state index contributed by atoms with van der Waals surface area (Å²) in [5, 5.41) is 26.7. The summed E-state index contributed by atoms with van der Waals surface area (Å²) in [4.78, 5) is 36.5. The van der Waals surface area contributed by atoms with Crippen molar-refractivity contribution in [1.82, 2.24) is 5.32 Å². The number of aliphatic hydroxyl groups excluding tert-OH is 1. The van der Waals surface area contributed by atoms with Crippen LogP contribution in [-0.2, 0) is 14.3 Å². The predicted molar refractivity (Wildman–Crippen MR) is 158 cm³/mol. The number of aromatic carboxylic acids is 1. The molecule has 0 bridgehead atoms. The van der Waals surface area contributed by atoms with Crippen LogP contribution in [0.25, 0.3) is 5.57 Å². The number of carbonyl (C=O) groups is 3. The normalized spacial score (nSPS) is 19.6. The van der Waals surface area contributed by atoms with Crippen molar-refractivity contribution >= 4 is 46.1 Å². The van der Waals surface area contributed by atoms with E-state index in [9.17, 15) is 24.6 Å². The number of fused-ring (bicyclic) bond motifs is 2. The van der Waals surface area contributed by atoms with E-state index >= 15 is 0 Å². The Labute approximate surface area is 239 Å². The zero-order chi connectivity index (χ0) is 29.0. The number of hydrogen-bond donors (Lipinski definition) is 4. The van der Waals surface area contributed by atoms with E-state index in [1.807, 2.05) is 20.8 Å². The van der Waals surface area contributed by atoms with Crippen LogP contribution in [0.15, 0.2) is 71.7 Å². The summed E-state index contributed by atoms with van der Waals surface area (Å²) in [5.41, 5.74) is 2.09. The summed E-state index contributed by atoms with van der Waals surface area (Å²) in [5.74, 6) is -1.06. The number of rotatable bonds is 9. The number of hydrogen-bond acceptors (Lipinski definition) is 6. The summed E-state index contributed by atoms with van der Waals surface area (Å²) in [6.45, 7) is 6.42. The fourth-order valence-corrected chi connectivity index (χ4v) is 5.07. The van der Waals surface area contributed by atoms with E-state index < -0.39 is 12.1 Å². The van der Waals surface area contributed by atoms with E-state index in [0.717, 1.165) is 19.3 Å². The number of thiocarbonyl (C=S) groups is 1. The van der Waals surface area contributed by atoms with Crippen molar-refractivity contribution < 1.29 is 29.3 Å². The van der Waals surface area contributed by atoms with E-state index in [-0.39, 0.29) is 34.2 Å². The Morgan fingerprint density at radius 2 is 1.88 bits per heavy atom. The average Bonchev–Trinajstić information content (AvgIpc) is 2.88. The number of benzene rings is 1. The van der Waals surface area contributed by atoms with Crippen LogP contribution >= 0.6 is 12.2 Å². The molecule has 0 aromatic heterocycles. The van der Waals surface area contributed by atoms with Crippen LogP contribution in [0.3, 0.4) is 0 Å². The Morgan fingerprint density at radius 1 is 1.10 bits per heavy atom. The van der Waals surface area contributed by atoms with E-state index in [1.165, 1.54) is 18.2 Å². The van der Waals surface area contributed by atoms with Crippen molar-refractivity contribution in [2.24, 2.45) is 11.3 Å². The smallest absolute Gasteiger partial charge is 0.336 e. The second kappa shape index (κ2) is 12.0. The molecule has 1 heterocycles. The number of aliphatic hydroxyl groups is 1. The Morgan fingerprint density at radius 3 is 2.60 bits per heavy atom. The van der Waals surface area contributed by atoms with Crippen LogP contribution in [0.2, 0.25) is 0 Å². The van der Waals surface area contributed by atoms with Gasteiger partial charge in [-0.3, -0.25) is 9.59 Å². The fourth-order valence-electron chi connectivity index (χ4n) is 4.85. The summed E-state index contributed by atoms with van der Waals surface area (Å²) in [6.07, 6.45) is 11.9. The lowest BCUT2D eigenvalue weighted by Gasteiger charge is -2.36. The second-order valence-corrected chi connectivity index (χ2v) is 11.5. The quantitative estimate of drug-likeness (QED) is 0.223. The predicted octanol–water partition coefficient (Wildman–Crippen LogP) is 5.65. The zero-order valence-corrected chi connectivity index (χ0v) is 23.6. The lowest BCUT2D eigenvalue weighted by molar-refractivity contribution is -0.126. The second-order valence-electron chi connectivity index (χ2n) is 11.1. The van der Waals surface area contributed by atoms with Crippen LogP contribution in [-0.4, -0.2) is 45.5 Å². The number of Topliss-reactive ketones (excluding diaryl/α,β-unsaturated/α-hetero) is 1. The van der Waals surface area contributed by atoms with Crippen molar-refractivity contribution in [3.8, 4) is 0 Å². The molecule has 9 heteroatoms. The number of anilines is 1. The maximum atomic E-state index is 12.4. The highest BCUT2D eigenvalue weighted by atomic mass is 32.1. The van der Waals surface area contributed by atoms with E-state index in [1.54, 1.807) is 36.4 Å². The Bertz CT molecular complexity index is 1390. The van der Waals surface area contributed by atoms with Gasteiger partial charge in [-0.15, -0.1) is 0 Å². The molecule has 4 rings (SSSR count). The van der Waals surface area contributed by atoms with E-state index in [0.29, 0.717) is 46.2 Å². The highest BCUT2D eigenvalue weighted by Crippen LogP contribution is 2.45. The monoisotopic (exact) mass is 562 g/mol. The molecule has 0 amide bonds. The SMILES string of the molecule is CC(C)(C)C(=O)CCCCCNC(=S)Nc1ccc(C2=C3C=CC(=O)C=C3OC3C=C(O)C=CC23)c(C(=O)O)c1. The van der Waals surface area contributed by atoms with Crippen LogP contribution in [0.1, 0.15) is 62.4 Å². The lowest BCUT2D eigenvalue weighted by Crippen LogP contribution is -2.31. The van der Waals surface area contributed by atoms with Crippen LogP contribution in [0, 0.1) is 11.3 Å². The average molecular weight is 563 g/mol. The molecule has 0 fully saturated rings. The fraction of sp³-hybridized carbons (Fsp3) is 0.355. The van der Waals surface area contributed by atoms with Crippen molar-refractivity contribution in [1.29, 1.82) is 0 Å². The molecule has 2 aliphatic carbocycles. The summed E-state index contributed by atoms with van der Waals surface area (Å²) in [6, 6.07) is 5.01. The first-order valence-electron chi connectivity index (χ1n) is 13.3. The third kappa shape index (κ3) is 6.77. The minimum absolute atomic E-state index is 0.0414. The first kappa shape index (κ1) is 29.0. The molecule has 40 heavy (non-hydrogen) atoms. The number of carbonyl (C=O) groups excluding carboxylic acids is 2. The number of ether oxygens (including phenoxy) is 1. The largest absolute Gasteiger partial charge is 0.508 e. The lowest BCUT2D eigenvalue weighted by atomic mass is 9.77. The summed E-state index contributed by atoms with van der Waals surface area (Å²) < 4.78 is 5.99. The Hall–Kier alpha value is -3.98. The number of carboxylic acids is 1. The Balaban J connectivity index is 1.47. The summed E-state index contributed by atoms with van der Waals surface area (Å²) >= 11 is 5.41. The highest BCUT2D eigenvalue weighted by Gasteiger charge is 2.37. The highest BCUT2D eigenvalue weighted by molar-refractivity contribution is 7.80. The molecular formula is C31H34N2O6S. The van der Waals surface area contributed by atoms with Crippen molar-refractivity contribution in [2.75, 3.05) is 11.9 Å². The van der Waals surface area contributed by atoms with Gasteiger partial charge in [-0.1, -0.05) is 39.3 Å². The van der Waals surface area contributed by atoms with Gasteiger partial charge in [0.1, 0.15) is 23.4 Å². The molecule has 2 atom stereocenters. The molecule has 0 saturated heterocycles. The van der Waals surface area contributed by atoms with Gasteiger partial charge in [-0.05, 0) is 72.6 Å². The zero-order valence-electron chi connectivity index (χ0n) is 22.8.